The minimum atomic E-state index is -0.240. The van der Waals surface area contributed by atoms with E-state index in [9.17, 15) is 4.79 Å². The number of hydrogen-bond donors (Lipinski definition) is 1. The quantitative estimate of drug-likeness (QED) is 0.701. The average Bonchev–Trinajstić information content (AvgIpc) is 2.64. The van der Waals surface area contributed by atoms with Crippen molar-refractivity contribution in [3.8, 4) is 0 Å². The molecule has 0 spiro atoms. The van der Waals surface area contributed by atoms with E-state index in [1.807, 2.05) is 72.6 Å². The van der Waals surface area contributed by atoms with E-state index in [-0.39, 0.29) is 5.91 Å². The van der Waals surface area contributed by atoms with Gasteiger partial charge in [0.2, 0.25) is 0 Å². The predicted octanol–water partition coefficient (Wildman–Crippen LogP) is 4.86. The highest BCUT2D eigenvalue weighted by atomic mass is 79.9. The Labute approximate surface area is 149 Å². The van der Waals surface area contributed by atoms with Gasteiger partial charge >= 0.3 is 0 Å². The molecule has 3 aromatic rings. The zero-order valence-electron chi connectivity index (χ0n) is 13.1. The molecule has 0 aliphatic rings. The summed E-state index contributed by atoms with van der Waals surface area (Å²) in [6.45, 7) is 0. The van der Waals surface area contributed by atoms with E-state index in [1.54, 1.807) is 12.3 Å². The highest BCUT2D eigenvalue weighted by molar-refractivity contribution is 9.10. The lowest BCUT2D eigenvalue weighted by molar-refractivity contribution is 0.102. The molecule has 3 rings (SSSR count). The van der Waals surface area contributed by atoms with Crippen LogP contribution in [-0.4, -0.2) is 17.9 Å². The van der Waals surface area contributed by atoms with Crippen LogP contribution in [0.3, 0.4) is 0 Å². The highest BCUT2D eigenvalue weighted by Gasteiger charge is 2.10. The Hall–Kier alpha value is -2.66. The van der Waals surface area contributed by atoms with Crippen molar-refractivity contribution in [3.05, 3.63) is 83.1 Å². The largest absolute Gasteiger partial charge is 0.343 e. The van der Waals surface area contributed by atoms with E-state index in [4.69, 9.17) is 0 Å². The number of nitrogens with one attached hydrogen (secondary N) is 1. The van der Waals surface area contributed by atoms with Gasteiger partial charge in [-0.05, 0) is 52.3 Å². The standard InChI is InChI=1S/C19H16BrN3O/c1-23(14-7-3-2-4-8-14)15-11-12-18(21-13-15)19(24)22-17-10-6-5-9-16(17)20/h2-13H,1H3,(H,22,24). The Morgan fingerprint density at radius 3 is 2.33 bits per heavy atom. The molecule has 0 aliphatic heterocycles. The molecule has 120 valence electrons. The Kier molecular flexibility index (Phi) is 4.91. The topological polar surface area (TPSA) is 45.2 Å². The molecule has 24 heavy (non-hydrogen) atoms. The van der Waals surface area contributed by atoms with Crippen LogP contribution in [0.4, 0.5) is 17.1 Å². The predicted molar refractivity (Wildman–Crippen MR) is 101 cm³/mol. The van der Waals surface area contributed by atoms with Crippen LogP contribution in [0.15, 0.2) is 77.4 Å². The highest BCUT2D eigenvalue weighted by Crippen LogP contribution is 2.24. The zero-order chi connectivity index (χ0) is 16.9. The van der Waals surface area contributed by atoms with E-state index in [0.717, 1.165) is 21.5 Å². The van der Waals surface area contributed by atoms with Gasteiger partial charge in [-0.15, -0.1) is 0 Å². The number of para-hydroxylation sites is 2. The Bertz CT molecular complexity index is 835. The summed E-state index contributed by atoms with van der Waals surface area (Å²) in [6.07, 6.45) is 1.70. The van der Waals surface area contributed by atoms with Crippen LogP contribution in [-0.2, 0) is 0 Å². The third kappa shape index (κ3) is 3.63. The molecule has 0 atom stereocenters. The first-order valence-corrected chi connectivity index (χ1v) is 8.25. The number of amides is 1. The van der Waals surface area contributed by atoms with Crippen LogP contribution >= 0.6 is 15.9 Å². The minimum Gasteiger partial charge on any atom is -0.343 e. The molecule has 0 radical (unpaired) electrons. The summed E-state index contributed by atoms with van der Waals surface area (Å²) in [4.78, 5) is 18.6. The number of benzene rings is 2. The summed E-state index contributed by atoms with van der Waals surface area (Å²) in [5, 5.41) is 2.84. The summed E-state index contributed by atoms with van der Waals surface area (Å²) >= 11 is 3.41. The first-order valence-electron chi connectivity index (χ1n) is 7.46. The number of aromatic nitrogens is 1. The van der Waals surface area contributed by atoms with Crippen LogP contribution in [0.2, 0.25) is 0 Å². The molecule has 0 unspecified atom stereocenters. The van der Waals surface area contributed by atoms with Crippen LogP contribution in [0.25, 0.3) is 0 Å². The lowest BCUT2D eigenvalue weighted by atomic mass is 10.2. The zero-order valence-corrected chi connectivity index (χ0v) is 14.7. The molecule has 0 aliphatic carbocycles. The molecule has 5 heteroatoms. The lowest BCUT2D eigenvalue weighted by Crippen LogP contribution is -2.15. The third-order valence-corrected chi connectivity index (χ3v) is 4.32. The summed E-state index contributed by atoms with van der Waals surface area (Å²) in [5.41, 5.74) is 3.06. The molecule has 0 fully saturated rings. The van der Waals surface area contributed by atoms with Gasteiger partial charge in [0, 0.05) is 17.2 Å². The van der Waals surface area contributed by atoms with Gasteiger partial charge in [-0.1, -0.05) is 30.3 Å². The minimum absolute atomic E-state index is 0.240. The second-order valence-corrected chi connectivity index (χ2v) is 6.08. The van der Waals surface area contributed by atoms with E-state index < -0.39 is 0 Å². The molecule has 1 heterocycles. The molecule has 0 saturated carbocycles. The summed E-state index contributed by atoms with van der Waals surface area (Å²) in [5.74, 6) is -0.240. The first kappa shape index (κ1) is 16.2. The van der Waals surface area contributed by atoms with Crippen molar-refractivity contribution in [3.63, 3.8) is 0 Å². The molecule has 1 amide bonds. The van der Waals surface area contributed by atoms with Crippen LogP contribution < -0.4 is 10.2 Å². The lowest BCUT2D eigenvalue weighted by Gasteiger charge is -2.19. The Morgan fingerprint density at radius 1 is 0.958 bits per heavy atom. The number of carbonyl (C=O) groups is 1. The normalized spacial score (nSPS) is 10.2. The SMILES string of the molecule is CN(c1ccccc1)c1ccc(C(=O)Nc2ccccc2Br)nc1. The van der Waals surface area contributed by atoms with Gasteiger partial charge in [0.15, 0.2) is 0 Å². The maximum atomic E-state index is 12.3. The fourth-order valence-corrected chi connectivity index (χ4v) is 2.65. The Morgan fingerprint density at radius 2 is 1.67 bits per heavy atom. The monoisotopic (exact) mass is 381 g/mol. The van der Waals surface area contributed by atoms with Crippen molar-refractivity contribution in [2.75, 3.05) is 17.3 Å². The van der Waals surface area contributed by atoms with E-state index in [0.29, 0.717) is 5.69 Å². The summed E-state index contributed by atoms with van der Waals surface area (Å²) in [6, 6.07) is 21.1. The van der Waals surface area contributed by atoms with Crippen LogP contribution in [0, 0.1) is 0 Å². The molecule has 4 nitrogen and oxygen atoms in total. The molecule has 0 saturated heterocycles. The molecule has 1 N–H and O–H groups in total. The maximum absolute atomic E-state index is 12.3. The molecule has 2 aromatic carbocycles. The molecular formula is C19H16BrN3O. The van der Waals surface area contributed by atoms with Crippen LogP contribution in [0.5, 0.6) is 0 Å². The van der Waals surface area contributed by atoms with Gasteiger partial charge in [0.05, 0.1) is 17.6 Å². The Balaban J connectivity index is 1.75. The number of rotatable bonds is 4. The van der Waals surface area contributed by atoms with Crippen molar-refractivity contribution in [2.45, 2.75) is 0 Å². The average molecular weight is 382 g/mol. The van der Waals surface area contributed by atoms with Crippen molar-refractivity contribution in [1.29, 1.82) is 0 Å². The number of hydrogen-bond acceptors (Lipinski definition) is 3. The van der Waals surface area contributed by atoms with Crippen molar-refractivity contribution >= 4 is 38.9 Å². The molecule has 0 bridgehead atoms. The number of nitrogens with zero attached hydrogens (tertiary/aromatic N) is 2. The first-order chi connectivity index (χ1) is 11.6. The third-order valence-electron chi connectivity index (χ3n) is 3.63. The summed E-state index contributed by atoms with van der Waals surface area (Å²) < 4.78 is 0.832. The van der Waals surface area contributed by atoms with Gasteiger partial charge in [0.25, 0.3) is 5.91 Å². The second kappa shape index (κ2) is 7.27. The van der Waals surface area contributed by atoms with Gasteiger partial charge in [-0.3, -0.25) is 4.79 Å². The van der Waals surface area contributed by atoms with Crippen molar-refractivity contribution < 1.29 is 4.79 Å². The number of pyridine rings is 1. The van der Waals surface area contributed by atoms with Gasteiger partial charge in [-0.2, -0.15) is 0 Å². The fourth-order valence-electron chi connectivity index (χ4n) is 2.27. The van der Waals surface area contributed by atoms with Crippen molar-refractivity contribution in [2.24, 2.45) is 0 Å². The van der Waals surface area contributed by atoms with Gasteiger partial charge < -0.3 is 10.2 Å². The van der Waals surface area contributed by atoms with Crippen molar-refractivity contribution in [1.82, 2.24) is 4.98 Å². The fraction of sp³-hybridized carbons (Fsp3) is 0.0526. The van der Waals surface area contributed by atoms with E-state index in [2.05, 4.69) is 26.2 Å². The number of halogens is 1. The maximum Gasteiger partial charge on any atom is 0.274 e. The smallest absolute Gasteiger partial charge is 0.274 e. The van der Waals surface area contributed by atoms with E-state index >= 15 is 0 Å². The molecular weight excluding hydrogens is 366 g/mol. The number of carbonyl (C=O) groups excluding carboxylic acids is 1. The summed E-state index contributed by atoms with van der Waals surface area (Å²) in [7, 11) is 1.97. The molecule has 1 aromatic heterocycles. The number of anilines is 3. The van der Waals surface area contributed by atoms with Crippen LogP contribution in [0.1, 0.15) is 10.5 Å². The van der Waals surface area contributed by atoms with Gasteiger partial charge in [-0.25, -0.2) is 4.98 Å². The van der Waals surface area contributed by atoms with Gasteiger partial charge in [0.1, 0.15) is 5.69 Å². The van der Waals surface area contributed by atoms with E-state index in [1.165, 1.54) is 0 Å². The second-order valence-electron chi connectivity index (χ2n) is 5.23.